The molecule has 1 N–H and O–H groups in total. The summed E-state index contributed by atoms with van der Waals surface area (Å²) in [6.45, 7) is 6.15. The second-order valence-corrected chi connectivity index (χ2v) is 6.31. The molecule has 4 heteroatoms. The Hall–Kier alpha value is -0.930. The molecule has 124 valence electrons. The van der Waals surface area contributed by atoms with Crippen LogP contribution in [0.15, 0.2) is 12.1 Å². The fourth-order valence-electron chi connectivity index (χ4n) is 2.90. The summed E-state index contributed by atoms with van der Waals surface area (Å²) in [7, 11) is 0. The van der Waals surface area contributed by atoms with Crippen LogP contribution in [-0.2, 0) is 6.54 Å². The summed E-state index contributed by atoms with van der Waals surface area (Å²) in [6.07, 6.45) is 7.57. The summed E-state index contributed by atoms with van der Waals surface area (Å²) < 4.78 is 11.5. The highest BCUT2D eigenvalue weighted by Gasteiger charge is 2.15. The molecule has 22 heavy (non-hydrogen) atoms. The number of rotatable bonds is 8. The van der Waals surface area contributed by atoms with Crippen LogP contribution in [0, 0.1) is 0 Å². The lowest BCUT2D eigenvalue weighted by molar-refractivity contribution is 0.276. The molecule has 1 aliphatic carbocycles. The molecule has 0 amide bonds. The van der Waals surface area contributed by atoms with Crippen molar-refractivity contribution in [3.05, 3.63) is 22.7 Å². The Morgan fingerprint density at radius 2 is 1.91 bits per heavy atom. The van der Waals surface area contributed by atoms with Gasteiger partial charge in [-0.1, -0.05) is 37.8 Å². The van der Waals surface area contributed by atoms with Crippen LogP contribution in [-0.4, -0.2) is 19.3 Å². The molecule has 3 nitrogen and oxygen atoms in total. The molecular weight excluding hydrogens is 298 g/mol. The zero-order chi connectivity index (χ0) is 15.8. The summed E-state index contributed by atoms with van der Waals surface area (Å²) in [5.74, 6) is 1.43. The molecule has 1 aromatic rings. The van der Waals surface area contributed by atoms with Gasteiger partial charge >= 0.3 is 0 Å². The van der Waals surface area contributed by atoms with E-state index in [2.05, 4.69) is 18.3 Å². The molecule has 1 aromatic carbocycles. The summed E-state index contributed by atoms with van der Waals surface area (Å²) in [5, 5.41) is 4.28. The number of hydrogen-bond donors (Lipinski definition) is 1. The Kier molecular flexibility index (Phi) is 7.34. The maximum absolute atomic E-state index is 6.39. The van der Waals surface area contributed by atoms with Crippen molar-refractivity contribution in [1.82, 2.24) is 5.32 Å². The molecule has 1 aliphatic rings. The first kappa shape index (κ1) is 17.4. The van der Waals surface area contributed by atoms with Crippen molar-refractivity contribution in [3.8, 4) is 11.5 Å². The van der Waals surface area contributed by atoms with Crippen LogP contribution in [0.4, 0.5) is 0 Å². The fraction of sp³-hybridized carbons (Fsp3) is 0.667. The molecule has 0 aromatic heterocycles. The van der Waals surface area contributed by atoms with E-state index < -0.39 is 0 Å². The summed E-state index contributed by atoms with van der Waals surface area (Å²) in [5.41, 5.74) is 1.16. The van der Waals surface area contributed by atoms with Crippen molar-refractivity contribution in [2.45, 2.75) is 65.0 Å². The number of nitrogens with one attached hydrogen (secondary N) is 1. The normalized spacial score (nSPS) is 15.8. The third-order valence-corrected chi connectivity index (χ3v) is 4.30. The van der Waals surface area contributed by atoms with Crippen LogP contribution in [0.25, 0.3) is 0 Å². The average Bonchev–Trinajstić information content (AvgIpc) is 2.53. The van der Waals surface area contributed by atoms with Gasteiger partial charge < -0.3 is 14.8 Å². The van der Waals surface area contributed by atoms with E-state index in [0.29, 0.717) is 30.0 Å². The van der Waals surface area contributed by atoms with Crippen LogP contribution in [0.3, 0.4) is 0 Å². The van der Waals surface area contributed by atoms with Crippen LogP contribution < -0.4 is 14.8 Å². The zero-order valence-electron chi connectivity index (χ0n) is 13.8. The van der Waals surface area contributed by atoms with Gasteiger partial charge in [-0.25, -0.2) is 0 Å². The number of ether oxygens (including phenoxy) is 2. The quantitative estimate of drug-likeness (QED) is 0.733. The van der Waals surface area contributed by atoms with Gasteiger partial charge in [0.05, 0.1) is 18.2 Å². The molecule has 0 saturated heterocycles. The Balaban J connectivity index is 2.04. The van der Waals surface area contributed by atoms with Gasteiger partial charge in [-0.15, -0.1) is 0 Å². The lowest BCUT2D eigenvalue weighted by Gasteiger charge is -2.23. The minimum absolute atomic E-state index is 0.609. The molecule has 2 rings (SSSR count). The first-order valence-corrected chi connectivity index (χ1v) is 8.93. The topological polar surface area (TPSA) is 30.5 Å². The van der Waals surface area contributed by atoms with E-state index >= 15 is 0 Å². The highest BCUT2D eigenvalue weighted by Crippen LogP contribution is 2.37. The summed E-state index contributed by atoms with van der Waals surface area (Å²) in [4.78, 5) is 0. The summed E-state index contributed by atoms with van der Waals surface area (Å²) in [6, 6.07) is 4.68. The van der Waals surface area contributed by atoms with Crippen LogP contribution in [0.2, 0.25) is 5.02 Å². The second kappa shape index (κ2) is 9.26. The number of benzene rings is 1. The molecule has 0 unspecified atom stereocenters. The van der Waals surface area contributed by atoms with E-state index in [9.17, 15) is 0 Å². The first-order valence-electron chi connectivity index (χ1n) is 8.56. The van der Waals surface area contributed by atoms with Gasteiger partial charge in [0.2, 0.25) is 0 Å². The van der Waals surface area contributed by atoms with Crippen molar-refractivity contribution >= 4 is 11.6 Å². The van der Waals surface area contributed by atoms with E-state index in [1.165, 1.54) is 32.1 Å². The van der Waals surface area contributed by atoms with Crippen molar-refractivity contribution in [1.29, 1.82) is 0 Å². The maximum atomic E-state index is 6.39. The first-order chi connectivity index (χ1) is 10.7. The molecule has 1 saturated carbocycles. The fourth-order valence-corrected chi connectivity index (χ4v) is 3.19. The van der Waals surface area contributed by atoms with E-state index in [1.54, 1.807) is 0 Å². The maximum Gasteiger partial charge on any atom is 0.179 e. The minimum atomic E-state index is 0.609. The van der Waals surface area contributed by atoms with Gasteiger partial charge in [0.1, 0.15) is 0 Å². The van der Waals surface area contributed by atoms with Gasteiger partial charge in [-0.05, 0) is 43.9 Å². The number of hydrogen-bond acceptors (Lipinski definition) is 3. The van der Waals surface area contributed by atoms with Crippen LogP contribution in [0.1, 0.15) is 57.9 Å². The predicted octanol–water partition coefficient (Wildman–Crippen LogP) is 4.95. The smallest absolute Gasteiger partial charge is 0.179 e. The highest BCUT2D eigenvalue weighted by molar-refractivity contribution is 6.32. The second-order valence-electron chi connectivity index (χ2n) is 5.90. The largest absolute Gasteiger partial charge is 0.490 e. The lowest BCUT2D eigenvalue weighted by atomic mass is 9.95. The molecule has 0 atom stereocenters. The van der Waals surface area contributed by atoms with E-state index in [1.807, 2.05) is 13.0 Å². The van der Waals surface area contributed by atoms with Gasteiger partial charge in [0.25, 0.3) is 0 Å². The van der Waals surface area contributed by atoms with Gasteiger partial charge in [0.15, 0.2) is 11.5 Å². The SMILES string of the molecule is CCCOc1c(Cl)cc(CNC2CCCCC2)cc1OCC. The number of halogens is 1. The van der Waals surface area contributed by atoms with Crippen molar-refractivity contribution in [2.24, 2.45) is 0 Å². The molecule has 1 fully saturated rings. The van der Waals surface area contributed by atoms with Gasteiger partial charge in [0, 0.05) is 12.6 Å². The molecule has 0 radical (unpaired) electrons. The third kappa shape index (κ3) is 5.06. The molecule has 0 aliphatic heterocycles. The highest BCUT2D eigenvalue weighted by atomic mass is 35.5. The minimum Gasteiger partial charge on any atom is -0.490 e. The predicted molar refractivity (Wildman–Crippen MR) is 92.1 cm³/mol. The molecular formula is C18H28ClNO2. The molecule has 0 bridgehead atoms. The summed E-state index contributed by atoms with van der Waals surface area (Å²) >= 11 is 6.39. The van der Waals surface area contributed by atoms with Gasteiger partial charge in [-0.3, -0.25) is 0 Å². The lowest BCUT2D eigenvalue weighted by Crippen LogP contribution is -2.30. The van der Waals surface area contributed by atoms with Crippen LogP contribution >= 0.6 is 11.6 Å². The third-order valence-electron chi connectivity index (χ3n) is 4.02. The van der Waals surface area contributed by atoms with E-state index in [-0.39, 0.29) is 0 Å². The van der Waals surface area contributed by atoms with Gasteiger partial charge in [-0.2, -0.15) is 0 Å². The monoisotopic (exact) mass is 325 g/mol. The Morgan fingerprint density at radius 1 is 1.14 bits per heavy atom. The zero-order valence-corrected chi connectivity index (χ0v) is 14.5. The van der Waals surface area contributed by atoms with E-state index in [4.69, 9.17) is 21.1 Å². The average molecular weight is 326 g/mol. The Morgan fingerprint density at radius 3 is 2.59 bits per heavy atom. The Labute approximate surface area is 139 Å². The standard InChI is InChI=1S/C18H28ClNO2/c1-3-10-22-18-16(19)11-14(12-17(18)21-4-2)13-20-15-8-6-5-7-9-15/h11-12,15,20H,3-10,13H2,1-2H3. The van der Waals surface area contributed by atoms with Crippen LogP contribution in [0.5, 0.6) is 11.5 Å². The van der Waals surface area contributed by atoms with Crippen molar-refractivity contribution in [3.63, 3.8) is 0 Å². The van der Waals surface area contributed by atoms with Crippen molar-refractivity contribution < 1.29 is 9.47 Å². The molecule has 0 heterocycles. The molecule has 0 spiro atoms. The van der Waals surface area contributed by atoms with E-state index in [0.717, 1.165) is 24.3 Å². The van der Waals surface area contributed by atoms with Crippen molar-refractivity contribution in [2.75, 3.05) is 13.2 Å². The Bertz CT molecular complexity index is 459.